The van der Waals surface area contributed by atoms with Crippen molar-refractivity contribution in [1.29, 1.82) is 0 Å². The van der Waals surface area contributed by atoms with Crippen LogP contribution in [0.25, 0.3) is 0 Å². The number of aliphatic hydroxyl groups is 2. The largest absolute Gasteiger partial charge is 0.426 e. The van der Waals surface area contributed by atoms with E-state index < -0.39 is 110 Å². The van der Waals surface area contributed by atoms with E-state index in [0.29, 0.717) is 48.9 Å². The second-order valence-corrected chi connectivity index (χ2v) is 27.6. The van der Waals surface area contributed by atoms with E-state index in [0.717, 1.165) is 86.0 Å². The lowest BCUT2D eigenvalue weighted by atomic mass is 9.72. The zero-order valence-corrected chi connectivity index (χ0v) is 47.3. The fourth-order valence-corrected chi connectivity index (χ4v) is 17.4. The average molecular weight is 1190 g/mol. The molecule has 0 spiro atoms. The molecular weight excluding hydrogens is 1120 g/mol. The highest BCUT2D eigenvalue weighted by Crippen LogP contribution is 2.61. The number of nitrogens with one attached hydrogen (secondary N) is 2. The van der Waals surface area contributed by atoms with E-state index in [-0.39, 0.29) is 73.2 Å². The van der Waals surface area contributed by atoms with Crippen molar-refractivity contribution in [3.05, 3.63) is 130 Å². The van der Waals surface area contributed by atoms with E-state index in [4.69, 9.17) is 4.74 Å². The number of aryl methyl sites for hydroxylation is 2. The van der Waals surface area contributed by atoms with Crippen molar-refractivity contribution in [3.8, 4) is 0 Å². The number of halogens is 10. The summed E-state index contributed by atoms with van der Waals surface area (Å²) in [6.45, 7) is 8.37. The Bertz CT molecular complexity index is 2960. The number of ether oxygens (including phenoxy) is 1. The summed E-state index contributed by atoms with van der Waals surface area (Å²) in [6.07, 6.45) is -5.80. The van der Waals surface area contributed by atoms with Gasteiger partial charge in [0.2, 0.25) is 11.3 Å². The van der Waals surface area contributed by atoms with Gasteiger partial charge in [-0.25, -0.2) is 34.4 Å². The number of sulfone groups is 2. The standard InChI is InChI=1S/2C27H30F5NO4S.C4H8O/c2*1-24(2,35)23(34)33-15-17-12-13-26(38(36,37)20-8-6-19(28)7-9-20)21-11-5-18(25(3,29)27(30,31)32)14-16(21)4-10-22(17)26;1-2-4-5-3-1/h2*5-9,11,14,17,22,35H,4,10,12-13,15H2,1-3H3,(H,33,34);1-4H2/t2*17-,22-,25?,26+;/m00./s1. The first kappa shape index (κ1) is 63.5. The highest BCUT2D eigenvalue weighted by molar-refractivity contribution is 7.92. The maximum Gasteiger partial charge on any atom is 0.426 e. The molecule has 1 heterocycles. The van der Waals surface area contributed by atoms with Crippen LogP contribution in [-0.4, -0.2) is 88.7 Å². The average Bonchev–Trinajstić information content (AvgIpc) is 4.27. The monoisotopic (exact) mass is 1190 g/mol. The molecule has 4 N–H and O–H groups in total. The van der Waals surface area contributed by atoms with E-state index in [9.17, 15) is 80.5 Å². The van der Waals surface area contributed by atoms with Crippen molar-refractivity contribution >= 4 is 31.5 Å². The summed E-state index contributed by atoms with van der Waals surface area (Å²) in [6, 6.07) is 15.5. The van der Waals surface area contributed by atoms with E-state index in [1.807, 2.05) is 0 Å². The van der Waals surface area contributed by atoms with Crippen LogP contribution in [0.4, 0.5) is 43.9 Å². The van der Waals surface area contributed by atoms with E-state index >= 15 is 0 Å². The Morgan fingerprint density at radius 1 is 0.543 bits per heavy atom. The molecule has 4 aromatic carbocycles. The van der Waals surface area contributed by atoms with Gasteiger partial charge in [0.05, 0.1) is 9.79 Å². The molecule has 23 heteroatoms. The summed E-state index contributed by atoms with van der Waals surface area (Å²) in [5.74, 6) is -4.18. The van der Waals surface area contributed by atoms with Crippen molar-refractivity contribution in [2.75, 3.05) is 26.3 Å². The van der Waals surface area contributed by atoms with Gasteiger partial charge < -0.3 is 25.6 Å². The van der Waals surface area contributed by atoms with Crippen LogP contribution in [0, 0.1) is 35.3 Å². The molecule has 2 unspecified atom stereocenters. The van der Waals surface area contributed by atoms with Gasteiger partial charge in [0.1, 0.15) is 32.3 Å². The quantitative estimate of drug-likeness (QED) is 0.0794. The molecule has 8 atom stereocenters. The molecule has 0 radical (unpaired) electrons. The molecule has 0 bridgehead atoms. The van der Waals surface area contributed by atoms with Gasteiger partial charge >= 0.3 is 12.4 Å². The second-order valence-electron chi connectivity index (χ2n) is 23.2. The first-order valence-electron chi connectivity index (χ1n) is 26.7. The molecule has 5 aliphatic rings. The second kappa shape index (κ2) is 22.8. The summed E-state index contributed by atoms with van der Waals surface area (Å²) in [7, 11) is -8.42. The van der Waals surface area contributed by atoms with Crippen LogP contribution in [0.15, 0.2) is 94.7 Å². The molecule has 0 aromatic heterocycles. The molecular formula is C58H68F10N2O9S2. The van der Waals surface area contributed by atoms with Crippen molar-refractivity contribution < 1.29 is 85.3 Å². The summed E-state index contributed by atoms with van der Waals surface area (Å²) < 4.78 is 196. The Morgan fingerprint density at radius 3 is 1.16 bits per heavy atom. The molecule has 446 valence electrons. The van der Waals surface area contributed by atoms with Gasteiger partial charge in [-0.2, -0.15) is 26.3 Å². The third-order valence-corrected chi connectivity index (χ3v) is 22.2. The highest BCUT2D eigenvalue weighted by atomic mass is 32.2. The molecule has 81 heavy (non-hydrogen) atoms. The summed E-state index contributed by atoms with van der Waals surface area (Å²) in [5, 5.41) is 25.3. The molecule has 2 amide bonds. The Labute approximate surface area is 465 Å². The summed E-state index contributed by atoms with van der Waals surface area (Å²) in [5.41, 5.74) is -10.5. The lowest BCUT2D eigenvalue weighted by Gasteiger charge is -2.43. The van der Waals surface area contributed by atoms with Crippen molar-refractivity contribution in [1.82, 2.24) is 10.6 Å². The van der Waals surface area contributed by atoms with Crippen LogP contribution >= 0.6 is 0 Å². The van der Waals surface area contributed by atoms with E-state index in [2.05, 4.69) is 10.6 Å². The van der Waals surface area contributed by atoms with Gasteiger partial charge in [0.15, 0.2) is 19.7 Å². The minimum Gasteiger partial charge on any atom is -0.381 e. The van der Waals surface area contributed by atoms with Gasteiger partial charge in [-0.3, -0.25) is 9.59 Å². The van der Waals surface area contributed by atoms with Crippen LogP contribution in [0.5, 0.6) is 0 Å². The zero-order valence-electron chi connectivity index (χ0n) is 45.6. The van der Waals surface area contributed by atoms with Gasteiger partial charge in [-0.05, 0) is 211 Å². The lowest BCUT2D eigenvalue weighted by molar-refractivity contribution is -0.229. The smallest absolute Gasteiger partial charge is 0.381 e. The highest BCUT2D eigenvalue weighted by Gasteiger charge is 2.63. The molecule has 4 aromatic rings. The first-order valence-corrected chi connectivity index (χ1v) is 29.7. The molecule has 4 aliphatic carbocycles. The predicted molar refractivity (Wildman–Crippen MR) is 280 cm³/mol. The van der Waals surface area contributed by atoms with Gasteiger partial charge in [-0.1, -0.05) is 36.4 Å². The number of alkyl halides is 8. The van der Waals surface area contributed by atoms with Crippen molar-refractivity contribution in [2.45, 2.75) is 160 Å². The van der Waals surface area contributed by atoms with Gasteiger partial charge in [0, 0.05) is 26.3 Å². The van der Waals surface area contributed by atoms with Crippen LogP contribution < -0.4 is 10.6 Å². The Balaban J connectivity index is 0.000000215. The number of benzene rings is 4. The fraction of sp³-hybridized carbons (Fsp3) is 0.552. The van der Waals surface area contributed by atoms with Crippen LogP contribution in [0.2, 0.25) is 0 Å². The van der Waals surface area contributed by atoms with E-state index in [1.165, 1.54) is 52.7 Å². The molecule has 1 saturated heterocycles. The zero-order chi connectivity index (χ0) is 60.2. The molecule has 2 saturated carbocycles. The molecule has 11 nitrogen and oxygen atoms in total. The molecule has 1 aliphatic heterocycles. The van der Waals surface area contributed by atoms with E-state index in [1.54, 1.807) is 0 Å². The number of fused-ring (bicyclic) bond motifs is 6. The number of hydrogen-bond acceptors (Lipinski definition) is 9. The maximum absolute atomic E-state index is 14.8. The third kappa shape index (κ3) is 12.0. The van der Waals surface area contributed by atoms with Gasteiger partial charge in [0.25, 0.3) is 11.8 Å². The van der Waals surface area contributed by atoms with Crippen LogP contribution in [-0.2, 0) is 67.7 Å². The van der Waals surface area contributed by atoms with Gasteiger partial charge in [-0.15, -0.1) is 0 Å². The van der Waals surface area contributed by atoms with Crippen LogP contribution in [0.1, 0.15) is 126 Å². The Morgan fingerprint density at radius 2 is 0.877 bits per heavy atom. The summed E-state index contributed by atoms with van der Waals surface area (Å²) in [4.78, 5) is 24.3. The number of hydrogen-bond donors (Lipinski definition) is 4. The number of rotatable bonds is 12. The van der Waals surface area contributed by atoms with Crippen LogP contribution in [0.3, 0.4) is 0 Å². The maximum atomic E-state index is 14.8. The molecule has 3 fully saturated rings. The minimum atomic E-state index is -5.16. The topological polar surface area (TPSA) is 176 Å². The predicted octanol–water partition coefficient (Wildman–Crippen LogP) is 11.0. The first-order chi connectivity index (χ1) is 37.4. The fourth-order valence-electron chi connectivity index (χ4n) is 12.4. The SMILES string of the molecule is C1CCOC1.CC(C)(O)C(=O)NC[C@@H]1CC[C@@]2(S(=O)(=O)c3ccc(F)cc3)c3ccc(C(C)(F)C(F)(F)F)cc3CC[C@@H]12.CC(C)(O)C(=O)NC[C@@H]1CC[C@@]2(S(=O)(=O)c3ccc(F)cc3)c3ccc(C(C)(F)C(F)(F)F)cc3CC[C@@H]12. The van der Waals surface area contributed by atoms with Crippen molar-refractivity contribution in [2.24, 2.45) is 23.7 Å². The Hall–Kier alpha value is -5.10. The van der Waals surface area contributed by atoms with Crippen molar-refractivity contribution in [3.63, 3.8) is 0 Å². The third-order valence-electron chi connectivity index (χ3n) is 17.0. The lowest BCUT2D eigenvalue weighted by Crippen LogP contribution is -2.48. The summed E-state index contributed by atoms with van der Waals surface area (Å²) >= 11 is 0. The molecule has 9 rings (SSSR count). The Kier molecular flexibility index (Phi) is 17.9. The minimum absolute atomic E-state index is 0.0955. The number of carbonyl (C=O) groups is 2. The normalized spacial score (nSPS) is 25.2. The number of amides is 2. The number of carbonyl (C=O) groups excluding carboxylic acids is 2.